The van der Waals surface area contributed by atoms with Gasteiger partial charge in [-0.05, 0) is 18.9 Å². The van der Waals surface area contributed by atoms with Crippen LogP contribution in [0, 0.1) is 0 Å². The largest absolute Gasteiger partial charge is 0.264 e. The maximum absolute atomic E-state index is 2.93. The minimum atomic E-state index is 1.12. The van der Waals surface area contributed by atoms with E-state index in [4.69, 9.17) is 0 Å². The number of hydrogen-bond donors (Lipinski definition) is 1. The van der Waals surface area contributed by atoms with Gasteiger partial charge in [0, 0.05) is 0 Å². The first kappa shape index (κ1) is 7.05. The summed E-state index contributed by atoms with van der Waals surface area (Å²) in [6, 6.07) is 0. The van der Waals surface area contributed by atoms with Crippen LogP contribution in [0.5, 0.6) is 0 Å². The first-order valence-electron chi connectivity index (χ1n) is 2.39. The molecule has 42 valence electrons. The lowest BCUT2D eigenvalue weighted by atomic mass is 10.5. The fraction of sp³-hybridized carbons (Fsp3) is 0.600. The highest BCUT2D eigenvalue weighted by Crippen LogP contribution is 1.92. The molecule has 0 fully saturated rings. The third-order valence-corrected chi connectivity index (χ3v) is 1.08. The average Bonchev–Trinajstić information content (AvgIpc) is 1.69. The molecule has 0 bridgehead atoms. The summed E-state index contributed by atoms with van der Waals surface area (Å²) >= 11 is 1.60. The number of nitrogens with one attached hydrogen (secondary N) is 1. The van der Waals surface area contributed by atoms with E-state index in [1.54, 1.807) is 11.9 Å². The standard InChI is InChI=1S/C5H11NS/c1-3-4-5-7-6-2/h4-6H,3H2,1-2H3. The summed E-state index contributed by atoms with van der Waals surface area (Å²) in [5, 5.41) is 2.04. The molecule has 0 atom stereocenters. The molecule has 1 nitrogen and oxygen atoms in total. The van der Waals surface area contributed by atoms with Crippen molar-refractivity contribution in [1.29, 1.82) is 0 Å². The van der Waals surface area contributed by atoms with Crippen LogP contribution in [0.4, 0.5) is 0 Å². The van der Waals surface area contributed by atoms with E-state index in [1.807, 2.05) is 12.5 Å². The first-order valence-corrected chi connectivity index (χ1v) is 3.27. The summed E-state index contributed by atoms with van der Waals surface area (Å²) in [6.07, 6.45) is 3.23. The van der Waals surface area contributed by atoms with Crippen LogP contribution >= 0.6 is 11.9 Å². The van der Waals surface area contributed by atoms with E-state index < -0.39 is 0 Å². The quantitative estimate of drug-likeness (QED) is 0.565. The highest BCUT2D eigenvalue weighted by Gasteiger charge is 1.65. The van der Waals surface area contributed by atoms with E-state index in [2.05, 4.69) is 17.7 Å². The van der Waals surface area contributed by atoms with Crippen molar-refractivity contribution in [2.24, 2.45) is 0 Å². The van der Waals surface area contributed by atoms with Crippen molar-refractivity contribution in [2.75, 3.05) is 7.05 Å². The predicted octanol–water partition coefficient (Wildman–Crippen LogP) is 1.78. The van der Waals surface area contributed by atoms with Gasteiger partial charge < -0.3 is 0 Å². The van der Waals surface area contributed by atoms with Crippen molar-refractivity contribution in [1.82, 2.24) is 4.72 Å². The molecule has 0 rings (SSSR count). The van der Waals surface area contributed by atoms with Gasteiger partial charge in [-0.2, -0.15) is 0 Å². The van der Waals surface area contributed by atoms with Gasteiger partial charge in [0.1, 0.15) is 0 Å². The molecule has 0 unspecified atom stereocenters. The second-order valence-electron chi connectivity index (χ2n) is 1.10. The highest BCUT2D eigenvalue weighted by molar-refractivity contribution is 8.00. The van der Waals surface area contributed by atoms with Gasteiger partial charge in [-0.25, -0.2) is 0 Å². The van der Waals surface area contributed by atoms with E-state index in [0.717, 1.165) is 6.42 Å². The van der Waals surface area contributed by atoms with Crippen molar-refractivity contribution in [2.45, 2.75) is 13.3 Å². The number of hydrogen-bond acceptors (Lipinski definition) is 2. The first-order chi connectivity index (χ1) is 3.41. The zero-order valence-electron chi connectivity index (χ0n) is 4.77. The van der Waals surface area contributed by atoms with Gasteiger partial charge in [0.25, 0.3) is 0 Å². The predicted molar refractivity (Wildman–Crippen MR) is 36.1 cm³/mol. The lowest BCUT2D eigenvalue weighted by Gasteiger charge is -1.83. The van der Waals surface area contributed by atoms with Crippen LogP contribution in [0.3, 0.4) is 0 Å². The minimum absolute atomic E-state index is 1.12. The Balaban J connectivity index is 2.78. The molecule has 1 N–H and O–H groups in total. The Kier molecular flexibility index (Phi) is 6.09. The average molecular weight is 117 g/mol. The maximum Gasteiger partial charge on any atom is -0.00533 e. The molecular formula is C5H11NS. The number of allylic oxidation sites excluding steroid dienone is 1. The third-order valence-electron chi connectivity index (χ3n) is 0.518. The molecule has 0 aromatic rings. The van der Waals surface area contributed by atoms with E-state index >= 15 is 0 Å². The summed E-state index contributed by atoms with van der Waals surface area (Å²) in [4.78, 5) is 0. The van der Waals surface area contributed by atoms with Crippen LogP contribution in [0.2, 0.25) is 0 Å². The highest BCUT2D eigenvalue weighted by atomic mass is 32.2. The molecule has 0 aromatic heterocycles. The van der Waals surface area contributed by atoms with Gasteiger partial charge in [-0.15, -0.1) is 0 Å². The fourth-order valence-electron chi connectivity index (χ4n) is 0.212. The van der Waals surface area contributed by atoms with Crippen LogP contribution in [0.15, 0.2) is 11.5 Å². The lowest BCUT2D eigenvalue weighted by Crippen LogP contribution is -1.85. The van der Waals surface area contributed by atoms with E-state index in [9.17, 15) is 0 Å². The molecule has 0 spiro atoms. The van der Waals surface area contributed by atoms with Crippen molar-refractivity contribution in [3.63, 3.8) is 0 Å². The molecule has 0 heterocycles. The molecule has 0 aromatic carbocycles. The van der Waals surface area contributed by atoms with E-state index in [0.29, 0.717) is 0 Å². The van der Waals surface area contributed by atoms with Gasteiger partial charge in [-0.3, -0.25) is 4.72 Å². The van der Waals surface area contributed by atoms with Crippen LogP contribution in [0.1, 0.15) is 13.3 Å². The molecular weight excluding hydrogens is 106 g/mol. The summed E-state index contributed by atoms with van der Waals surface area (Å²) in [5.74, 6) is 0. The topological polar surface area (TPSA) is 12.0 Å². The van der Waals surface area contributed by atoms with Gasteiger partial charge >= 0.3 is 0 Å². The third kappa shape index (κ3) is 6.05. The molecule has 0 aliphatic heterocycles. The van der Waals surface area contributed by atoms with Crippen molar-refractivity contribution >= 4 is 11.9 Å². The normalized spacial score (nSPS) is 10.6. The van der Waals surface area contributed by atoms with Gasteiger partial charge in [0.15, 0.2) is 0 Å². The molecule has 0 aliphatic rings. The van der Waals surface area contributed by atoms with Crippen LogP contribution in [-0.4, -0.2) is 7.05 Å². The molecule has 0 saturated carbocycles. The SMILES string of the molecule is CCC=CSNC. The fourth-order valence-corrected chi connectivity index (χ4v) is 0.637. The van der Waals surface area contributed by atoms with Gasteiger partial charge in [0.05, 0.1) is 0 Å². The molecule has 0 aliphatic carbocycles. The Labute approximate surface area is 49.3 Å². The summed E-state index contributed by atoms with van der Waals surface area (Å²) in [7, 11) is 1.91. The summed E-state index contributed by atoms with van der Waals surface area (Å²) in [6.45, 7) is 2.12. The second kappa shape index (κ2) is 6.05. The zero-order chi connectivity index (χ0) is 5.54. The monoisotopic (exact) mass is 117 g/mol. The Morgan fingerprint density at radius 1 is 1.71 bits per heavy atom. The Hall–Kier alpha value is 0.0500. The molecule has 2 heteroatoms. The van der Waals surface area contributed by atoms with Crippen LogP contribution in [0.25, 0.3) is 0 Å². The minimum Gasteiger partial charge on any atom is -0.264 e. The lowest BCUT2D eigenvalue weighted by molar-refractivity contribution is 1.23. The Bertz CT molecular complexity index is 52.0. The zero-order valence-corrected chi connectivity index (χ0v) is 5.59. The van der Waals surface area contributed by atoms with Crippen molar-refractivity contribution in [3.05, 3.63) is 11.5 Å². The summed E-state index contributed by atoms with van der Waals surface area (Å²) in [5.41, 5.74) is 0. The Morgan fingerprint density at radius 2 is 2.43 bits per heavy atom. The van der Waals surface area contributed by atoms with Crippen molar-refractivity contribution < 1.29 is 0 Å². The second-order valence-corrected chi connectivity index (χ2v) is 2.02. The van der Waals surface area contributed by atoms with E-state index in [-0.39, 0.29) is 0 Å². The maximum atomic E-state index is 2.93. The molecule has 0 amide bonds. The van der Waals surface area contributed by atoms with E-state index in [1.165, 1.54) is 0 Å². The van der Waals surface area contributed by atoms with Crippen LogP contribution < -0.4 is 4.72 Å². The van der Waals surface area contributed by atoms with Gasteiger partial charge in [0.2, 0.25) is 0 Å². The van der Waals surface area contributed by atoms with Crippen LogP contribution in [-0.2, 0) is 0 Å². The molecule has 0 saturated heterocycles. The van der Waals surface area contributed by atoms with Gasteiger partial charge in [-0.1, -0.05) is 24.9 Å². The molecule has 7 heavy (non-hydrogen) atoms. The number of rotatable bonds is 3. The molecule has 0 radical (unpaired) electrons. The summed E-state index contributed by atoms with van der Waals surface area (Å²) < 4.78 is 2.93. The Morgan fingerprint density at radius 3 is 2.86 bits per heavy atom. The van der Waals surface area contributed by atoms with Crippen molar-refractivity contribution in [3.8, 4) is 0 Å². The smallest absolute Gasteiger partial charge is 0.00533 e.